The van der Waals surface area contributed by atoms with Crippen molar-refractivity contribution in [3.05, 3.63) is 12.4 Å². The molecule has 17 heavy (non-hydrogen) atoms. The Labute approximate surface area is 107 Å². The summed E-state index contributed by atoms with van der Waals surface area (Å²) in [7, 11) is 1.77. The van der Waals surface area contributed by atoms with Crippen LogP contribution in [0.3, 0.4) is 0 Å². The summed E-state index contributed by atoms with van der Waals surface area (Å²) in [6.45, 7) is 2.94. The first kappa shape index (κ1) is 12.6. The van der Waals surface area contributed by atoms with Gasteiger partial charge in [-0.25, -0.2) is 4.98 Å². The van der Waals surface area contributed by atoms with Crippen LogP contribution >= 0.6 is 11.8 Å². The third kappa shape index (κ3) is 3.33. The molecule has 4 nitrogen and oxygen atoms in total. The molecule has 0 aromatic carbocycles. The molecule has 0 N–H and O–H groups in total. The summed E-state index contributed by atoms with van der Waals surface area (Å²) in [4.78, 5) is 11.2. The molecule has 0 spiro atoms. The van der Waals surface area contributed by atoms with E-state index in [0.29, 0.717) is 5.92 Å². The van der Waals surface area contributed by atoms with Crippen LogP contribution in [0.25, 0.3) is 0 Å². The highest BCUT2D eigenvalue weighted by atomic mass is 32.2. The smallest absolute Gasteiger partial charge is 0.148 e. The number of hydrogen-bond donors (Lipinski definition) is 0. The maximum atomic E-state index is 5.24. The SMILES string of the molecule is COC[C@H]1CCCN(c2cncc(SC)n2)C1. The quantitative estimate of drug-likeness (QED) is 0.768. The highest BCUT2D eigenvalue weighted by Gasteiger charge is 2.21. The number of piperidine rings is 1. The molecule has 1 saturated heterocycles. The van der Waals surface area contributed by atoms with Crippen LogP contribution in [-0.4, -0.2) is 43.0 Å². The van der Waals surface area contributed by atoms with Gasteiger partial charge < -0.3 is 9.64 Å². The van der Waals surface area contributed by atoms with E-state index in [2.05, 4.69) is 14.9 Å². The average Bonchev–Trinajstić information content (AvgIpc) is 2.40. The molecular weight excluding hydrogens is 234 g/mol. The van der Waals surface area contributed by atoms with E-state index >= 15 is 0 Å². The van der Waals surface area contributed by atoms with E-state index in [1.807, 2.05) is 18.6 Å². The van der Waals surface area contributed by atoms with E-state index in [9.17, 15) is 0 Å². The number of anilines is 1. The number of nitrogens with zero attached hydrogens (tertiary/aromatic N) is 3. The van der Waals surface area contributed by atoms with Crippen LogP contribution in [0.2, 0.25) is 0 Å². The van der Waals surface area contributed by atoms with Gasteiger partial charge in [-0.3, -0.25) is 4.98 Å². The van der Waals surface area contributed by atoms with Crippen molar-refractivity contribution in [1.82, 2.24) is 9.97 Å². The Morgan fingerprint density at radius 3 is 3.18 bits per heavy atom. The van der Waals surface area contributed by atoms with E-state index < -0.39 is 0 Å². The Morgan fingerprint density at radius 2 is 2.41 bits per heavy atom. The first-order valence-electron chi connectivity index (χ1n) is 5.93. The third-order valence-electron chi connectivity index (χ3n) is 3.05. The Morgan fingerprint density at radius 1 is 1.53 bits per heavy atom. The molecule has 0 radical (unpaired) electrons. The molecule has 0 aliphatic carbocycles. The molecule has 1 aromatic rings. The summed E-state index contributed by atoms with van der Waals surface area (Å²) >= 11 is 1.63. The summed E-state index contributed by atoms with van der Waals surface area (Å²) < 4.78 is 5.24. The summed E-state index contributed by atoms with van der Waals surface area (Å²) in [6, 6.07) is 0. The van der Waals surface area contributed by atoms with Crippen LogP contribution in [-0.2, 0) is 4.74 Å². The molecule has 1 aromatic heterocycles. The molecule has 0 amide bonds. The Kier molecular flexibility index (Phi) is 4.62. The standard InChI is InChI=1S/C12H19N3OS/c1-16-9-10-4-3-5-15(8-10)11-6-13-7-12(14-11)17-2/h6-7,10H,3-5,8-9H2,1-2H3/t10-/m0/s1. The first-order valence-corrected chi connectivity index (χ1v) is 7.16. The van der Waals surface area contributed by atoms with Crippen LogP contribution in [0.15, 0.2) is 17.4 Å². The fourth-order valence-corrected chi connectivity index (χ4v) is 2.59. The van der Waals surface area contributed by atoms with Crippen molar-refractivity contribution in [2.45, 2.75) is 17.9 Å². The number of aromatic nitrogens is 2. The molecule has 1 aliphatic heterocycles. The lowest BCUT2D eigenvalue weighted by Crippen LogP contribution is -2.37. The van der Waals surface area contributed by atoms with Crippen molar-refractivity contribution in [1.29, 1.82) is 0 Å². The lowest BCUT2D eigenvalue weighted by molar-refractivity contribution is 0.143. The van der Waals surface area contributed by atoms with E-state index in [-0.39, 0.29) is 0 Å². The molecule has 2 heterocycles. The maximum absolute atomic E-state index is 5.24. The van der Waals surface area contributed by atoms with Crippen molar-refractivity contribution < 1.29 is 4.74 Å². The summed E-state index contributed by atoms with van der Waals surface area (Å²) in [5.41, 5.74) is 0. The lowest BCUT2D eigenvalue weighted by Gasteiger charge is -2.33. The number of thioether (sulfide) groups is 1. The summed E-state index contributed by atoms with van der Waals surface area (Å²) in [5, 5.41) is 0.983. The second-order valence-corrected chi connectivity index (χ2v) is 5.16. The van der Waals surface area contributed by atoms with E-state index in [0.717, 1.165) is 30.5 Å². The Balaban J connectivity index is 2.05. The molecule has 1 fully saturated rings. The fourth-order valence-electron chi connectivity index (χ4n) is 2.23. The largest absolute Gasteiger partial charge is 0.384 e. The van der Waals surface area contributed by atoms with Gasteiger partial charge in [0.25, 0.3) is 0 Å². The summed E-state index contributed by atoms with van der Waals surface area (Å²) in [5.74, 6) is 1.62. The van der Waals surface area contributed by atoms with Gasteiger partial charge in [-0.2, -0.15) is 0 Å². The van der Waals surface area contributed by atoms with Gasteiger partial charge in [-0.05, 0) is 25.0 Å². The zero-order chi connectivity index (χ0) is 12.1. The molecule has 0 bridgehead atoms. The van der Waals surface area contributed by atoms with Crippen molar-refractivity contribution in [3.63, 3.8) is 0 Å². The first-order chi connectivity index (χ1) is 8.33. The molecule has 5 heteroatoms. The average molecular weight is 253 g/mol. The van der Waals surface area contributed by atoms with E-state index in [4.69, 9.17) is 4.74 Å². The van der Waals surface area contributed by atoms with Gasteiger partial charge in [-0.15, -0.1) is 11.8 Å². The molecular formula is C12H19N3OS. The highest BCUT2D eigenvalue weighted by molar-refractivity contribution is 7.98. The second kappa shape index (κ2) is 6.21. The van der Waals surface area contributed by atoms with Gasteiger partial charge in [0.05, 0.1) is 19.0 Å². The van der Waals surface area contributed by atoms with Gasteiger partial charge in [0.2, 0.25) is 0 Å². The third-order valence-corrected chi connectivity index (χ3v) is 3.67. The topological polar surface area (TPSA) is 38.2 Å². The minimum atomic E-state index is 0.619. The van der Waals surface area contributed by atoms with Crippen LogP contribution in [0, 0.1) is 5.92 Å². The summed E-state index contributed by atoms with van der Waals surface area (Å²) in [6.07, 6.45) is 8.15. The Hall–Kier alpha value is -0.810. The predicted molar refractivity (Wildman–Crippen MR) is 70.6 cm³/mol. The van der Waals surface area contributed by atoms with Crippen LogP contribution < -0.4 is 4.90 Å². The number of methoxy groups -OCH3 is 1. The number of ether oxygens (including phenoxy) is 1. The fraction of sp³-hybridized carbons (Fsp3) is 0.667. The van der Waals surface area contributed by atoms with Crippen molar-refractivity contribution in [3.8, 4) is 0 Å². The lowest BCUT2D eigenvalue weighted by atomic mass is 9.99. The van der Waals surface area contributed by atoms with Crippen molar-refractivity contribution in [2.75, 3.05) is 38.0 Å². The van der Waals surface area contributed by atoms with Crippen LogP contribution in [0.5, 0.6) is 0 Å². The van der Waals surface area contributed by atoms with Crippen molar-refractivity contribution >= 4 is 17.6 Å². The predicted octanol–water partition coefficient (Wildman–Crippen LogP) is 2.06. The van der Waals surface area contributed by atoms with Gasteiger partial charge >= 0.3 is 0 Å². The zero-order valence-corrected chi connectivity index (χ0v) is 11.2. The Bertz CT molecular complexity index is 359. The van der Waals surface area contributed by atoms with Gasteiger partial charge in [-0.1, -0.05) is 0 Å². The molecule has 1 aliphatic rings. The maximum Gasteiger partial charge on any atom is 0.148 e. The minimum absolute atomic E-state index is 0.619. The molecule has 2 rings (SSSR count). The molecule has 94 valence electrons. The van der Waals surface area contributed by atoms with E-state index in [1.54, 1.807) is 18.9 Å². The van der Waals surface area contributed by atoms with E-state index in [1.165, 1.54) is 12.8 Å². The van der Waals surface area contributed by atoms with Crippen LogP contribution in [0.4, 0.5) is 5.82 Å². The van der Waals surface area contributed by atoms with Crippen LogP contribution in [0.1, 0.15) is 12.8 Å². The highest BCUT2D eigenvalue weighted by Crippen LogP contribution is 2.22. The molecule has 0 saturated carbocycles. The zero-order valence-electron chi connectivity index (χ0n) is 10.4. The second-order valence-electron chi connectivity index (χ2n) is 4.33. The van der Waals surface area contributed by atoms with Gasteiger partial charge in [0, 0.05) is 20.2 Å². The normalized spacial score (nSPS) is 20.6. The minimum Gasteiger partial charge on any atom is -0.384 e. The molecule has 0 unspecified atom stereocenters. The monoisotopic (exact) mass is 253 g/mol. The van der Waals surface area contributed by atoms with Crippen molar-refractivity contribution in [2.24, 2.45) is 5.92 Å². The number of rotatable bonds is 4. The van der Waals surface area contributed by atoms with Gasteiger partial charge in [0.1, 0.15) is 10.8 Å². The number of hydrogen-bond acceptors (Lipinski definition) is 5. The van der Waals surface area contributed by atoms with Gasteiger partial charge in [0.15, 0.2) is 0 Å². The molecule has 1 atom stereocenters.